The lowest BCUT2D eigenvalue weighted by Gasteiger charge is -2.15. The Bertz CT molecular complexity index is 1010. The van der Waals surface area contributed by atoms with E-state index in [9.17, 15) is 18.0 Å². The first-order chi connectivity index (χ1) is 12.5. The lowest BCUT2D eigenvalue weighted by Crippen LogP contribution is -2.30. The number of rotatable bonds is 5. The summed E-state index contributed by atoms with van der Waals surface area (Å²) in [7, 11) is -4.03. The van der Waals surface area contributed by atoms with E-state index in [1.54, 1.807) is 25.1 Å². The molecule has 0 aromatic heterocycles. The van der Waals surface area contributed by atoms with Crippen LogP contribution in [0.1, 0.15) is 22.8 Å². The van der Waals surface area contributed by atoms with E-state index in [0.717, 1.165) is 17.7 Å². The molecule has 0 spiro atoms. The molecule has 0 aliphatic heterocycles. The van der Waals surface area contributed by atoms with Crippen molar-refractivity contribution in [3.05, 3.63) is 57.6 Å². The Hall–Kier alpha value is -2.13. The second-order valence-corrected chi connectivity index (χ2v) is 8.09. The van der Waals surface area contributed by atoms with Crippen LogP contribution in [-0.4, -0.2) is 26.4 Å². The molecule has 0 fully saturated rings. The molecule has 0 saturated carbocycles. The molecule has 1 atom stereocenters. The Balaban J connectivity index is 2.15. The van der Waals surface area contributed by atoms with Gasteiger partial charge in [-0.1, -0.05) is 29.3 Å². The number of hydrogen-bond donors (Lipinski definition) is 2. The van der Waals surface area contributed by atoms with Crippen molar-refractivity contribution in [1.29, 1.82) is 0 Å². The van der Waals surface area contributed by atoms with Crippen LogP contribution in [0.3, 0.4) is 0 Å². The first-order valence-electron chi connectivity index (χ1n) is 7.59. The van der Waals surface area contributed by atoms with Gasteiger partial charge in [-0.25, -0.2) is 18.4 Å². The van der Waals surface area contributed by atoms with E-state index in [2.05, 4.69) is 5.32 Å². The van der Waals surface area contributed by atoms with Gasteiger partial charge in [-0.05, 0) is 49.7 Å². The van der Waals surface area contributed by atoms with Crippen LogP contribution >= 0.6 is 23.2 Å². The third kappa shape index (κ3) is 5.43. The first-order valence-corrected chi connectivity index (χ1v) is 9.89. The van der Waals surface area contributed by atoms with Gasteiger partial charge in [-0.3, -0.25) is 4.79 Å². The van der Waals surface area contributed by atoms with Crippen LogP contribution in [-0.2, 0) is 19.6 Å². The van der Waals surface area contributed by atoms with Gasteiger partial charge in [0.25, 0.3) is 5.91 Å². The summed E-state index contributed by atoms with van der Waals surface area (Å²) < 4.78 is 27.9. The van der Waals surface area contributed by atoms with E-state index in [-0.39, 0.29) is 15.5 Å². The minimum atomic E-state index is -4.03. The van der Waals surface area contributed by atoms with Gasteiger partial charge in [0.1, 0.15) is 0 Å². The van der Waals surface area contributed by atoms with Crippen molar-refractivity contribution < 1.29 is 22.7 Å². The Morgan fingerprint density at radius 1 is 1.15 bits per heavy atom. The quantitative estimate of drug-likeness (QED) is 0.706. The van der Waals surface area contributed by atoms with Gasteiger partial charge < -0.3 is 10.1 Å². The number of esters is 1. The predicted octanol–water partition coefficient (Wildman–Crippen LogP) is 3.13. The number of ether oxygens (including phenoxy) is 1. The van der Waals surface area contributed by atoms with Crippen LogP contribution in [0.5, 0.6) is 0 Å². The van der Waals surface area contributed by atoms with Crippen molar-refractivity contribution >= 4 is 50.8 Å². The highest BCUT2D eigenvalue weighted by Gasteiger charge is 2.22. The summed E-state index contributed by atoms with van der Waals surface area (Å²) in [6, 6.07) is 8.33. The van der Waals surface area contributed by atoms with E-state index in [4.69, 9.17) is 33.1 Å². The number of nitrogens with two attached hydrogens (primary N) is 1. The molecule has 1 amide bonds. The van der Waals surface area contributed by atoms with Gasteiger partial charge in [0, 0.05) is 10.7 Å². The number of benzene rings is 2. The molecule has 2 rings (SSSR count). The second kappa shape index (κ2) is 8.26. The van der Waals surface area contributed by atoms with Crippen molar-refractivity contribution in [3.8, 4) is 0 Å². The maximum absolute atomic E-state index is 12.3. The van der Waals surface area contributed by atoms with Crippen molar-refractivity contribution in [2.45, 2.75) is 24.8 Å². The fraction of sp³-hybridized carbons (Fsp3) is 0.176. The van der Waals surface area contributed by atoms with Crippen LogP contribution in [0.2, 0.25) is 10.0 Å². The number of primary sulfonamides is 1. The number of halogens is 2. The summed E-state index contributed by atoms with van der Waals surface area (Å²) in [5, 5.41) is 8.05. The molecule has 27 heavy (non-hydrogen) atoms. The van der Waals surface area contributed by atoms with Crippen molar-refractivity contribution in [2.24, 2.45) is 5.14 Å². The summed E-state index contributed by atoms with van der Waals surface area (Å²) in [5.41, 5.74) is 1.03. The van der Waals surface area contributed by atoms with E-state index in [1.165, 1.54) is 13.0 Å². The third-order valence-electron chi connectivity index (χ3n) is 3.60. The smallest absolute Gasteiger partial charge is 0.340 e. The standard InChI is InChI=1S/C17H16Cl2N2O5S/c1-9-3-4-11(18)7-15(9)21-16(22)10(2)26-17(23)13-8-12(27(20,24)25)5-6-14(13)19/h3-8,10H,1-2H3,(H,21,22)(H2,20,24,25). The number of aryl methyl sites for hydroxylation is 1. The molecule has 0 bridgehead atoms. The summed E-state index contributed by atoms with van der Waals surface area (Å²) in [6.07, 6.45) is -1.18. The molecule has 0 saturated heterocycles. The summed E-state index contributed by atoms with van der Waals surface area (Å²) in [6.45, 7) is 3.14. The number of carbonyl (C=O) groups excluding carboxylic acids is 2. The number of nitrogens with one attached hydrogen (secondary N) is 1. The third-order valence-corrected chi connectivity index (χ3v) is 5.07. The largest absolute Gasteiger partial charge is 0.449 e. The monoisotopic (exact) mass is 430 g/mol. The molecule has 0 aliphatic rings. The molecular weight excluding hydrogens is 415 g/mol. The Labute approximate surface area is 166 Å². The summed E-state index contributed by atoms with van der Waals surface area (Å²) >= 11 is 11.8. The van der Waals surface area contributed by atoms with Gasteiger partial charge >= 0.3 is 5.97 Å². The Morgan fingerprint density at radius 3 is 2.44 bits per heavy atom. The minimum Gasteiger partial charge on any atom is -0.449 e. The first kappa shape index (κ1) is 21.2. The molecule has 3 N–H and O–H groups in total. The van der Waals surface area contributed by atoms with E-state index in [0.29, 0.717) is 10.7 Å². The average molecular weight is 431 g/mol. The molecule has 10 heteroatoms. The van der Waals surface area contributed by atoms with Gasteiger partial charge in [0.15, 0.2) is 6.10 Å². The minimum absolute atomic E-state index is 0.0364. The van der Waals surface area contributed by atoms with Crippen molar-refractivity contribution in [3.63, 3.8) is 0 Å². The summed E-state index contributed by atoms with van der Waals surface area (Å²) in [4.78, 5) is 24.3. The zero-order valence-electron chi connectivity index (χ0n) is 14.3. The number of sulfonamides is 1. The maximum Gasteiger partial charge on any atom is 0.340 e. The topological polar surface area (TPSA) is 116 Å². The van der Waals surface area contributed by atoms with E-state index in [1.807, 2.05) is 0 Å². The fourth-order valence-electron chi connectivity index (χ4n) is 2.08. The molecule has 1 unspecified atom stereocenters. The number of anilines is 1. The molecule has 0 heterocycles. The SMILES string of the molecule is Cc1ccc(Cl)cc1NC(=O)C(C)OC(=O)c1cc(S(N)(=O)=O)ccc1Cl. The van der Waals surface area contributed by atoms with Crippen LogP contribution in [0.25, 0.3) is 0 Å². The van der Waals surface area contributed by atoms with Crippen LogP contribution in [0.15, 0.2) is 41.3 Å². The molecule has 2 aromatic carbocycles. The highest BCUT2D eigenvalue weighted by Crippen LogP contribution is 2.23. The summed E-state index contributed by atoms with van der Waals surface area (Å²) in [5.74, 6) is -1.55. The Kier molecular flexibility index (Phi) is 6.48. The van der Waals surface area contributed by atoms with Gasteiger partial charge in [0.05, 0.1) is 15.5 Å². The molecule has 7 nitrogen and oxygen atoms in total. The molecular formula is C17H16Cl2N2O5S. The average Bonchev–Trinajstić information content (AvgIpc) is 2.57. The zero-order chi connectivity index (χ0) is 20.4. The zero-order valence-corrected chi connectivity index (χ0v) is 16.7. The number of amides is 1. The lowest BCUT2D eigenvalue weighted by molar-refractivity contribution is -0.123. The number of carbonyl (C=O) groups is 2. The van der Waals surface area contributed by atoms with Gasteiger partial charge in [0.2, 0.25) is 10.0 Å². The Morgan fingerprint density at radius 2 is 1.81 bits per heavy atom. The van der Waals surface area contributed by atoms with Gasteiger partial charge in [-0.15, -0.1) is 0 Å². The number of hydrogen-bond acceptors (Lipinski definition) is 5. The fourth-order valence-corrected chi connectivity index (χ4v) is 2.99. The van der Waals surface area contributed by atoms with Crippen LogP contribution < -0.4 is 10.5 Å². The van der Waals surface area contributed by atoms with Gasteiger partial charge in [-0.2, -0.15) is 0 Å². The predicted molar refractivity (Wildman–Crippen MR) is 103 cm³/mol. The van der Waals surface area contributed by atoms with Crippen LogP contribution in [0, 0.1) is 6.92 Å². The van der Waals surface area contributed by atoms with Crippen molar-refractivity contribution in [1.82, 2.24) is 0 Å². The van der Waals surface area contributed by atoms with E-state index >= 15 is 0 Å². The lowest BCUT2D eigenvalue weighted by atomic mass is 10.2. The molecule has 2 aromatic rings. The second-order valence-electron chi connectivity index (χ2n) is 5.68. The highest BCUT2D eigenvalue weighted by atomic mass is 35.5. The molecule has 144 valence electrons. The molecule has 0 radical (unpaired) electrons. The highest BCUT2D eigenvalue weighted by molar-refractivity contribution is 7.89. The normalized spacial score (nSPS) is 12.3. The molecule has 0 aliphatic carbocycles. The van der Waals surface area contributed by atoms with E-state index < -0.39 is 28.0 Å². The van der Waals surface area contributed by atoms with Crippen LogP contribution in [0.4, 0.5) is 5.69 Å². The maximum atomic E-state index is 12.3. The van der Waals surface area contributed by atoms with Crippen molar-refractivity contribution in [2.75, 3.05) is 5.32 Å².